The van der Waals surface area contributed by atoms with Gasteiger partial charge in [0.05, 0.1) is 43.5 Å². The molecule has 0 saturated carbocycles. The van der Waals surface area contributed by atoms with E-state index in [4.69, 9.17) is 22.6 Å². The van der Waals surface area contributed by atoms with Crippen molar-refractivity contribution in [1.82, 2.24) is 108 Å². The second kappa shape index (κ2) is 50.5. The third-order valence-corrected chi connectivity index (χ3v) is 25.1. The van der Waals surface area contributed by atoms with E-state index >= 15 is 38.4 Å². The fourth-order valence-electron chi connectivity index (χ4n) is 16.7. The number of thioether (sulfide) groups is 1. The zero-order valence-corrected chi connectivity index (χ0v) is 77.9. The number of pyridine rings is 1. The lowest BCUT2D eigenvalue weighted by atomic mass is 10.00. The van der Waals surface area contributed by atoms with Crippen LogP contribution in [-0.2, 0) is 107 Å². The second-order valence-corrected chi connectivity index (χ2v) is 35.7. The summed E-state index contributed by atoms with van der Waals surface area (Å²) in [5.74, 6) is -17.7. The molecule has 3 aliphatic heterocycles. The summed E-state index contributed by atoms with van der Waals surface area (Å²) in [7, 11) is 3.93. The molecule has 15 atom stereocenters. The van der Waals surface area contributed by atoms with Crippen LogP contribution < -0.4 is 75.7 Å². The van der Waals surface area contributed by atoms with Crippen LogP contribution in [-0.4, -0.2) is 322 Å². The highest BCUT2D eigenvalue weighted by molar-refractivity contribution is 8.00. The van der Waals surface area contributed by atoms with Crippen LogP contribution in [0.5, 0.6) is 0 Å². The lowest BCUT2D eigenvalue weighted by Gasteiger charge is -2.36. The number of aliphatic hydroxyl groups excluding tert-OH is 2. The SMILES string of the molecule is CCCC[C@H]1C(=O)N(C)[C@@H](CCCC)C(=O)N[C@@H](CCCNC(=N)N)C(=O)N[C@H](C(=O)NCC(N)=O)CSCC(=O)N[C@@H](Cc2cccnc2)C(=O)N(C)[C@@H](C)C(=O)N[C@@H](CC(N)=O)C(=O)N2CCC[C@H]2C(=O)N[C@@H](Cc2c[nH]cn2)C(=O)N[C@@H](CC(C)C)C(=O)N2C[C@H](O)C[C@H]2C(=O)N[C@@H](Cc2c[nH]c3ccccc23)C(=O)N[C@@H](CO)C(=O)N[C@@H](Cc2c[nH]c3ccccc23)C(=O)N1C. The molecule has 0 unspecified atom stereocenters. The number of para-hydroxylation sites is 2. The Bertz CT molecular complexity index is 5190. The highest BCUT2D eigenvalue weighted by Gasteiger charge is 2.47. The first-order valence-electron chi connectivity index (χ1n) is 45.3. The maximum Gasteiger partial charge on any atom is 0.246 e. The predicted octanol–water partition coefficient (Wildman–Crippen LogP) is -3.24. The molecule has 0 bridgehead atoms. The topological polar surface area (TPSA) is 654 Å². The molecule has 0 aliphatic carbocycles. The van der Waals surface area contributed by atoms with Gasteiger partial charge in [-0.1, -0.05) is 95.8 Å². The third-order valence-electron chi connectivity index (χ3n) is 24.1. The van der Waals surface area contributed by atoms with Crippen LogP contribution in [0.25, 0.3) is 21.8 Å². The first-order valence-corrected chi connectivity index (χ1v) is 46.4. The summed E-state index contributed by atoms with van der Waals surface area (Å²) in [4.78, 5) is 273. The predicted molar refractivity (Wildman–Crippen MR) is 496 cm³/mol. The quantitative estimate of drug-likeness (QED) is 0.0144. The molecule has 0 spiro atoms. The number of likely N-dealkylation sites (N-methyl/N-ethyl adjacent to an activating group) is 3. The van der Waals surface area contributed by atoms with Crippen molar-refractivity contribution in [3.05, 3.63) is 120 Å². The third kappa shape index (κ3) is 29.5. The smallest absolute Gasteiger partial charge is 0.246 e. The summed E-state index contributed by atoms with van der Waals surface area (Å²) >= 11 is 0.779. The minimum absolute atomic E-state index is 0.00768. The number of guanidine groups is 1. The molecule has 17 amide bonds. The van der Waals surface area contributed by atoms with Crippen molar-refractivity contribution >= 4 is 140 Å². The van der Waals surface area contributed by atoms with E-state index in [1.165, 1.54) is 53.0 Å². The van der Waals surface area contributed by atoms with E-state index in [0.717, 1.165) is 36.3 Å². The monoisotopic (exact) mass is 1890 g/mol. The Hall–Kier alpha value is -13.6. The lowest BCUT2D eigenvalue weighted by Crippen LogP contribution is -2.62. The van der Waals surface area contributed by atoms with Crippen molar-refractivity contribution < 1.29 is 91.7 Å². The minimum Gasteiger partial charge on any atom is -0.394 e. The fraction of sp³-hybridized carbons (Fsp3) is 0.533. The number of imidazole rings is 1. The number of nitrogens with zero attached hydrogens (tertiary/aromatic N) is 7. The van der Waals surface area contributed by atoms with Gasteiger partial charge in [-0.15, -0.1) is 11.8 Å². The number of fused-ring (bicyclic) bond motifs is 4. The van der Waals surface area contributed by atoms with E-state index in [1.807, 2.05) is 13.8 Å². The lowest BCUT2D eigenvalue weighted by molar-refractivity contribution is -0.149. The number of unbranched alkanes of at least 4 members (excludes halogenated alkanes) is 2. The second-order valence-electron chi connectivity index (χ2n) is 34.7. The molecule has 3 fully saturated rings. The van der Waals surface area contributed by atoms with E-state index in [-0.39, 0.29) is 95.3 Å². The van der Waals surface area contributed by atoms with Crippen molar-refractivity contribution in [3.8, 4) is 0 Å². The van der Waals surface area contributed by atoms with Crippen LogP contribution in [0.15, 0.2) is 98.0 Å². The van der Waals surface area contributed by atoms with Crippen molar-refractivity contribution in [3.63, 3.8) is 0 Å². The van der Waals surface area contributed by atoms with Crippen LogP contribution in [0.2, 0.25) is 0 Å². The molecule has 6 aromatic rings. The van der Waals surface area contributed by atoms with E-state index in [0.29, 0.717) is 64.2 Å². The zero-order chi connectivity index (χ0) is 98.4. The number of amides is 17. The molecule has 44 nitrogen and oxygen atoms in total. The Labute approximate surface area is 784 Å². The maximum atomic E-state index is 15.8. The number of H-pyrrole nitrogens is 3. The Kier molecular flexibility index (Phi) is 39.3. The molecule has 135 heavy (non-hydrogen) atoms. The highest BCUT2D eigenvalue weighted by Crippen LogP contribution is 2.28. The first kappa shape index (κ1) is 105. The average molecular weight is 1900 g/mol. The van der Waals surface area contributed by atoms with Gasteiger partial charge in [-0.05, 0) is 92.7 Å². The van der Waals surface area contributed by atoms with Crippen LogP contribution >= 0.6 is 11.8 Å². The number of benzene rings is 2. The van der Waals surface area contributed by atoms with Crippen molar-refractivity contribution in [2.75, 3.05) is 65.4 Å². The molecule has 23 N–H and O–H groups in total. The number of aliphatic hydroxyl groups is 2. The van der Waals surface area contributed by atoms with Gasteiger partial charge in [0.15, 0.2) is 5.96 Å². The number of aromatic nitrogens is 5. The van der Waals surface area contributed by atoms with E-state index < -0.39 is 241 Å². The number of rotatable bonds is 26. The average Bonchev–Trinajstić information content (AvgIpc) is 1.72. The standard InChI is InChI=1S/C90H127N25O19S/c1-9-11-26-69-82(127)103-60(25-18-30-97-90(93)94)78(123)110-68(77(122)100-43-74(92)119)46-135-47-75(120)102-64(33-51-20-17-29-95-39-51)85(130)111(6)50(5)76(121)106-66(38-73(91)118)87(132)114-31-19-28-70(114)83(128)105-62(36-54-42-96-48-101-54)80(125)107-63(32-49(3)4)88(133)115-44-55(117)37-72(115)84(129)104-61(34-52-40-98-58-23-15-13-21-56(52)58)79(124)109-67(45-116)81(126)108-65(35-53-41-99-59-24-16-14-22-57(53)59)86(131)113(8)71(27-12-10-2)89(134)112(69)7/h13-17,20-24,29,39-42,48-50,55,60-72,98-99,116-117H,9-12,18-19,25-28,30-38,43-47H2,1-8H3,(H2,91,118)(H2,92,119)(H,96,101)(H,100,122)(H,102,120)(H,103,127)(H,104,129)(H,105,128)(H,106,121)(H,107,125)(H,108,126)(H,109,124)(H,110,123)(H4,93,94,97)/t50-,55+,60-,61-,62-,63-,64-,65-,66-,67-,68-,69-,70-,71-,72-/m0/s1. The molecule has 732 valence electrons. The van der Waals surface area contributed by atoms with Gasteiger partial charge >= 0.3 is 0 Å². The van der Waals surface area contributed by atoms with Crippen LogP contribution in [0.1, 0.15) is 140 Å². The van der Waals surface area contributed by atoms with E-state index in [2.05, 4.69) is 83.4 Å². The van der Waals surface area contributed by atoms with Gasteiger partial charge < -0.3 is 125 Å². The number of primary amides is 2. The van der Waals surface area contributed by atoms with Gasteiger partial charge in [0.1, 0.15) is 84.6 Å². The largest absolute Gasteiger partial charge is 0.394 e. The van der Waals surface area contributed by atoms with Crippen LogP contribution in [0.3, 0.4) is 0 Å². The minimum atomic E-state index is -1.89. The van der Waals surface area contributed by atoms with Crippen molar-refractivity contribution in [1.29, 1.82) is 5.41 Å². The number of hydrogen-bond donors (Lipinski definition) is 20. The Morgan fingerprint density at radius 2 is 1.12 bits per heavy atom. The van der Waals surface area contributed by atoms with Crippen LogP contribution in [0, 0.1) is 11.3 Å². The van der Waals surface area contributed by atoms with Gasteiger partial charge in [-0.25, -0.2) is 4.98 Å². The highest BCUT2D eigenvalue weighted by atomic mass is 32.2. The molecule has 4 aromatic heterocycles. The van der Waals surface area contributed by atoms with Gasteiger partial charge in [-0.2, -0.15) is 0 Å². The summed E-state index contributed by atoms with van der Waals surface area (Å²) in [6.07, 6.45) is 6.74. The molecule has 0 radical (unpaired) electrons. The molecule has 3 saturated heterocycles. The van der Waals surface area contributed by atoms with Gasteiger partial charge in [0.25, 0.3) is 0 Å². The van der Waals surface area contributed by atoms with Gasteiger partial charge in [0.2, 0.25) is 100 Å². The number of aromatic amines is 3. The van der Waals surface area contributed by atoms with Gasteiger partial charge in [0, 0.05) is 131 Å². The Morgan fingerprint density at radius 1 is 0.563 bits per heavy atom. The first-order chi connectivity index (χ1) is 64.4. The van der Waals surface area contributed by atoms with Crippen LogP contribution in [0.4, 0.5) is 0 Å². The Morgan fingerprint density at radius 3 is 1.72 bits per heavy atom. The van der Waals surface area contributed by atoms with Crippen molar-refractivity contribution in [2.45, 2.75) is 234 Å². The summed E-state index contributed by atoms with van der Waals surface area (Å²) in [6, 6.07) is -4.49. The number of carbonyl (C=O) groups is 17. The van der Waals surface area contributed by atoms with E-state index in [1.54, 1.807) is 86.9 Å². The molecule has 2 aromatic carbocycles. The summed E-state index contributed by atoms with van der Waals surface area (Å²) < 4.78 is 0. The van der Waals surface area contributed by atoms with Gasteiger partial charge in [-0.3, -0.25) is 91.9 Å². The fourth-order valence-corrected chi connectivity index (χ4v) is 17.5. The number of hydrogen-bond acceptors (Lipinski definition) is 23. The molecular formula is C90H127N25O19S. The molecule has 7 heterocycles. The molecular weight excluding hydrogens is 1770 g/mol. The maximum absolute atomic E-state index is 15.8. The normalized spacial score (nSPS) is 24.8. The zero-order valence-electron chi connectivity index (χ0n) is 77.1. The van der Waals surface area contributed by atoms with E-state index in [9.17, 15) is 53.4 Å². The number of nitrogens with two attached hydrogens (primary N) is 3. The summed E-state index contributed by atoms with van der Waals surface area (Å²) in [5.41, 5.74) is 19.8. The number of nitrogens with one attached hydrogen (secondary N) is 15. The molecule has 9 rings (SSSR count). The number of carbonyl (C=O) groups excluding carboxylic acids is 17. The summed E-state index contributed by atoms with van der Waals surface area (Å²) in [6.45, 7) is 6.07. The Balaban J connectivity index is 1.10. The molecule has 45 heteroatoms. The summed E-state index contributed by atoms with van der Waals surface area (Å²) in [5, 5.41) is 61.0. The molecule has 3 aliphatic rings. The van der Waals surface area contributed by atoms with Crippen molar-refractivity contribution in [2.24, 2.45) is 23.1 Å².